The van der Waals surface area contributed by atoms with Crippen LogP contribution in [0.1, 0.15) is 30.3 Å². The number of carbonyl (C=O) groups excluding carboxylic acids is 2. The first kappa shape index (κ1) is 24.4. The maximum absolute atomic E-state index is 12.9. The molecule has 3 rings (SSSR count). The van der Waals surface area contributed by atoms with E-state index >= 15 is 0 Å². The lowest BCUT2D eigenvalue weighted by Gasteiger charge is -2.23. The first-order valence-corrected chi connectivity index (χ1v) is 11.1. The largest absolute Gasteiger partial charge is 0.438 e. The Labute approximate surface area is 193 Å². The predicted molar refractivity (Wildman–Crippen MR) is 127 cm³/mol. The maximum atomic E-state index is 12.9. The Balaban J connectivity index is 1.71. The van der Waals surface area contributed by atoms with Crippen molar-refractivity contribution in [2.24, 2.45) is 17.2 Å². The summed E-state index contributed by atoms with van der Waals surface area (Å²) in [6, 6.07) is 15.9. The van der Waals surface area contributed by atoms with Crippen molar-refractivity contribution in [2.45, 2.75) is 31.3 Å². The molecule has 0 aliphatic rings. The number of hydrogen-bond donors (Lipinski definition) is 4. The topological polar surface area (TPSA) is 154 Å². The average Bonchev–Trinajstić information content (AvgIpc) is 3.26. The Kier molecular flexibility index (Phi) is 8.94. The number of aromatic nitrogens is 1. The van der Waals surface area contributed by atoms with Gasteiger partial charge in [-0.2, -0.15) is 0 Å². The van der Waals surface area contributed by atoms with Gasteiger partial charge in [0.05, 0.1) is 12.5 Å². The van der Waals surface area contributed by atoms with Crippen LogP contribution >= 0.6 is 0 Å². The first-order chi connectivity index (χ1) is 16.0. The van der Waals surface area contributed by atoms with Crippen LogP contribution in [0.4, 0.5) is 0 Å². The molecular formula is C24H32N6O3. The fourth-order valence-corrected chi connectivity index (χ4v) is 3.61. The molecule has 0 saturated heterocycles. The molecule has 9 heteroatoms. The molecule has 176 valence electrons. The van der Waals surface area contributed by atoms with Gasteiger partial charge in [-0.25, -0.2) is 4.98 Å². The van der Waals surface area contributed by atoms with Crippen LogP contribution in [0.15, 0.2) is 59.0 Å². The third-order valence-electron chi connectivity index (χ3n) is 5.37. The van der Waals surface area contributed by atoms with E-state index in [-0.39, 0.29) is 12.3 Å². The summed E-state index contributed by atoms with van der Waals surface area (Å²) in [5, 5.41) is 2.93. The molecule has 0 saturated carbocycles. The van der Waals surface area contributed by atoms with Gasteiger partial charge in [-0.3, -0.25) is 9.59 Å². The Morgan fingerprint density at radius 1 is 1.00 bits per heavy atom. The molecule has 0 unspecified atom stereocenters. The maximum Gasteiger partial charge on any atom is 0.238 e. The lowest BCUT2D eigenvalue weighted by Crippen LogP contribution is -2.47. The predicted octanol–water partition coefficient (Wildman–Crippen LogP) is 1.08. The monoisotopic (exact) mass is 452 g/mol. The number of nitrogens with zero attached hydrogens (tertiary/aromatic N) is 2. The summed E-state index contributed by atoms with van der Waals surface area (Å²) >= 11 is 0. The van der Waals surface area contributed by atoms with Gasteiger partial charge >= 0.3 is 0 Å². The van der Waals surface area contributed by atoms with Gasteiger partial charge < -0.3 is 31.8 Å². The van der Waals surface area contributed by atoms with Crippen LogP contribution in [0, 0.1) is 0 Å². The molecule has 2 amide bonds. The number of nitrogens with two attached hydrogens (primary N) is 3. The third kappa shape index (κ3) is 6.85. The SMILES string of the molecule is NCCN(CCN)C(=O)C[C@H](N)C(=O)N[C@@H](CCc1ccccc1)c1nc2ccccc2o1. The van der Waals surface area contributed by atoms with Crippen LogP contribution in [0.5, 0.6) is 0 Å². The Hall–Kier alpha value is -3.27. The smallest absolute Gasteiger partial charge is 0.238 e. The lowest BCUT2D eigenvalue weighted by molar-refractivity contribution is -0.134. The molecule has 0 aliphatic heterocycles. The van der Waals surface area contributed by atoms with Crippen LogP contribution in [0.3, 0.4) is 0 Å². The van der Waals surface area contributed by atoms with Crippen molar-refractivity contribution in [3.8, 4) is 0 Å². The second-order valence-corrected chi connectivity index (χ2v) is 7.87. The van der Waals surface area contributed by atoms with Gasteiger partial charge in [0.1, 0.15) is 11.6 Å². The van der Waals surface area contributed by atoms with Gasteiger partial charge in [0.15, 0.2) is 5.58 Å². The zero-order valence-electron chi connectivity index (χ0n) is 18.7. The van der Waals surface area contributed by atoms with Crippen molar-refractivity contribution in [3.63, 3.8) is 0 Å². The number of rotatable bonds is 12. The molecule has 0 radical (unpaired) electrons. The zero-order valence-corrected chi connectivity index (χ0v) is 18.7. The number of oxazole rings is 1. The summed E-state index contributed by atoms with van der Waals surface area (Å²) in [6.07, 6.45) is 1.14. The number of para-hydroxylation sites is 2. The average molecular weight is 453 g/mol. The van der Waals surface area contributed by atoms with E-state index < -0.39 is 18.0 Å². The van der Waals surface area contributed by atoms with E-state index in [4.69, 9.17) is 21.6 Å². The van der Waals surface area contributed by atoms with Gasteiger partial charge in [-0.05, 0) is 30.5 Å². The van der Waals surface area contributed by atoms with Gasteiger partial charge in [0, 0.05) is 26.2 Å². The van der Waals surface area contributed by atoms with E-state index in [0.29, 0.717) is 56.0 Å². The van der Waals surface area contributed by atoms with Crippen molar-refractivity contribution in [2.75, 3.05) is 26.2 Å². The van der Waals surface area contributed by atoms with Crippen molar-refractivity contribution >= 4 is 22.9 Å². The van der Waals surface area contributed by atoms with E-state index in [1.165, 1.54) is 4.90 Å². The number of nitrogens with one attached hydrogen (secondary N) is 1. The molecule has 2 atom stereocenters. The second-order valence-electron chi connectivity index (χ2n) is 7.87. The van der Waals surface area contributed by atoms with Crippen LogP contribution < -0.4 is 22.5 Å². The van der Waals surface area contributed by atoms with E-state index in [1.807, 2.05) is 54.6 Å². The standard InChI is InChI=1S/C24H32N6O3/c25-12-14-30(15-13-26)22(31)16-18(27)23(32)28-20(11-10-17-6-2-1-3-7-17)24-29-19-8-4-5-9-21(19)33-24/h1-9,18,20H,10-16,25-27H2,(H,28,32)/t18-,20-/m0/s1. The molecule has 7 N–H and O–H groups in total. The van der Waals surface area contributed by atoms with E-state index in [9.17, 15) is 9.59 Å². The molecule has 1 aromatic heterocycles. The summed E-state index contributed by atoms with van der Waals surface area (Å²) in [5.41, 5.74) is 19.7. The molecule has 3 aromatic rings. The van der Waals surface area contributed by atoms with Crippen LogP contribution in [-0.4, -0.2) is 53.9 Å². The van der Waals surface area contributed by atoms with Gasteiger partial charge in [-0.15, -0.1) is 0 Å². The van der Waals surface area contributed by atoms with Crippen molar-refractivity contribution < 1.29 is 14.0 Å². The molecule has 0 spiro atoms. The summed E-state index contributed by atoms with van der Waals surface area (Å²) in [5.74, 6) is -0.285. The quantitative estimate of drug-likeness (QED) is 0.321. The normalized spacial score (nSPS) is 12.9. The van der Waals surface area contributed by atoms with Crippen LogP contribution in [-0.2, 0) is 16.0 Å². The van der Waals surface area contributed by atoms with Crippen molar-refractivity contribution in [1.82, 2.24) is 15.2 Å². The number of fused-ring (bicyclic) bond motifs is 1. The lowest BCUT2D eigenvalue weighted by atomic mass is 10.0. The summed E-state index contributed by atoms with van der Waals surface area (Å²) in [6.45, 7) is 1.36. The fraction of sp³-hybridized carbons (Fsp3) is 0.375. The highest BCUT2D eigenvalue weighted by Crippen LogP contribution is 2.24. The summed E-state index contributed by atoms with van der Waals surface area (Å²) in [4.78, 5) is 31.5. The van der Waals surface area contributed by atoms with Crippen molar-refractivity contribution in [1.29, 1.82) is 0 Å². The molecule has 1 heterocycles. The van der Waals surface area contributed by atoms with E-state index in [2.05, 4.69) is 10.3 Å². The minimum absolute atomic E-state index is 0.134. The van der Waals surface area contributed by atoms with Crippen LogP contribution in [0.25, 0.3) is 11.1 Å². The number of carbonyl (C=O) groups is 2. The zero-order chi connectivity index (χ0) is 23.6. The van der Waals surface area contributed by atoms with Gasteiger partial charge in [0.2, 0.25) is 17.7 Å². The van der Waals surface area contributed by atoms with E-state index in [0.717, 1.165) is 5.56 Å². The molecule has 0 fully saturated rings. The van der Waals surface area contributed by atoms with Gasteiger partial charge in [0.25, 0.3) is 0 Å². The molecule has 0 aliphatic carbocycles. The Morgan fingerprint density at radius 2 is 1.67 bits per heavy atom. The number of amides is 2. The molecule has 2 aromatic carbocycles. The van der Waals surface area contributed by atoms with Crippen LogP contribution in [0.2, 0.25) is 0 Å². The first-order valence-electron chi connectivity index (χ1n) is 11.1. The van der Waals surface area contributed by atoms with E-state index in [1.54, 1.807) is 0 Å². The van der Waals surface area contributed by atoms with Gasteiger partial charge in [-0.1, -0.05) is 42.5 Å². The summed E-state index contributed by atoms with van der Waals surface area (Å²) in [7, 11) is 0. The number of aryl methyl sites for hydroxylation is 1. The number of hydrogen-bond acceptors (Lipinski definition) is 7. The Morgan fingerprint density at radius 3 is 2.33 bits per heavy atom. The van der Waals surface area contributed by atoms with Crippen molar-refractivity contribution in [3.05, 3.63) is 66.1 Å². The minimum Gasteiger partial charge on any atom is -0.438 e. The number of benzene rings is 2. The summed E-state index contributed by atoms with van der Waals surface area (Å²) < 4.78 is 5.91. The minimum atomic E-state index is -1.01. The highest BCUT2D eigenvalue weighted by atomic mass is 16.3. The molecule has 33 heavy (non-hydrogen) atoms. The second kappa shape index (κ2) is 12.1. The molecule has 9 nitrogen and oxygen atoms in total. The molecular weight excluding hydrogens is 420 g/mol. The third-order valence-corrected chi connectivity index (χ3v) is 5.37. The highest BCUT2D eigenvalue weighted by Gasteiger charge is 2.26. The fourth-order valence-electron chi connectivity index (χ4n) is 3.61. The Bertz CT molecular complexity index is 1000. The highest BCUT2D eigenvalue weighted by molar-refractivity contribution is 5.88. The molecule has 0 bridgehead atoms.